The lowest BCUT2D eigenvalue weighted by Gasteiger charge is -2.11. The van der Waals surface area contributed by atoms with Crippen LogP contribution < -0.4 is 10.3 Å². The minimum Gasteiger partial charge on any atom is -0.485 e. The first-order valence-corrected chi connectivity index (χ1v) is 6.82. The number of aryl methyl sites for hydroxylation is 2. The van der Waals surface area contributed by atoms with Gasteiger partial charge >= 0.3 is 0 Å². The van der Waals surface area contributed by atoms with Gasteiger partial charge in [-0.2, -0.15) is 0 Å². The monoisotopic (exact) mass is 280 g/mol. The highest BCUT2D eigenvalue weighted by atomic mass is 16.5. The van der Waals surface area contributed by atoms with E-state index in [0.717, 1.165) is 16.9 Å². The third-order valence-corrected chi connectivity index (χ3v) is 3.42. The van der Waals surface area contributed by atoms with Gasteiger partial charge in [-0.3, -0.25) is 4.79 Å². The van der Waals surface area contributed by atoms with Crippen LogP contribution in [0.5, 0.6) is 5.75 Å². The van der Waals surface area contributed by atoms with Crippen molar-refractivity contribution >= 4 is 10.9 Å². The van der Waals surface area contributed by atoms with Gasteiger partial charge in [-0.15, -0.1) is 0 Å². The fraction of sp³-hybridized carbons (Fsp3) is 0.176. The van der Waals surface area contributed by atoms with Crippen molar-refractivity contribution in [3.63, 3.8) is 0 Å². The molecule has 0 aliphatic carbocycles. The molecule has 0 radical (unpaired) electrons. The third kappa shape index (κ3) is 2.65. The molecule has 0 saturated heterocycles. The number of hydrogen-bond donors (Lipinski definition) is 1. The Morgan fingerprint density at radius 2 is 1.76 bits per heavy atom. The van der Waals surface area contributed by atoms with Crippen molar-refractivity contribution in [3.05, 3.63) is 69.8 Å². The maximum Gasteiger partial charge on any atom is 0.258 e. The van der Waals surface area contributed by atoms with Crippen molar-refractivity contribution in [2.24, 2.45) is 0 Å². The number of ether oxygens (including phenoxy) is 1. The smallest absolute Gasteiger partial charge is 0.258 e. The van der Waals surface area contributed by atoms with Gasteiger partial charge in [0.05, 0.1) is 10.9 Å². The Bertz CT molecular complexity index is 833. The van der Waals surface area contributed by atoms with E-state index in [1.54, 1.807) is 6.07 Å². The predicted molar refractivity (Wildman–Crippen MR) is 82.6 cm³/mol. The van der Waals surface area contributed by atoms with Crippen molar-refractivity contribution in [2.75, 3.05) is 0 Å². The standard InChI is InChI=1S/C17H16N2O2/c1-11-6-5-7-12(2)16(11)21-10-15-18-14-9-4-3-8-13(14)17(20)19-15/h3-9H,10H2,1-2H3,(H,18,19,20). The molecule has 1 aromatic heterocycles. The number of nitrogens with one attached hydrogen (secondary N) is 1. The van der Waals surface area contributed by atoms with Gasteiger partial charge in [0, 0.05) is 0 Å². The molecule has 0 bridgehead atoms. The molecular formula is C17H16N2O2. The highest BCUT2D eigenvalue weighted by molar-refractivity contribution is 5.77. The van der Waals surface area contributed by atoms with Crippen LogP contribution in [-0.4, -0.2) is 9.97 Å². The molecule has 3 aromatic rings. The Kier molecular flexibility index (Phi) is 3.44. The summed E-state index contributed by atoms with van der Waals surface area (Å²) >= 11 is 0. The normalized spacial score (nSPS) is 10.8. The highest BCUT2D eigenvalue weighted by Gasteiger charge is 2.07. The highest BCUT2D eigenvalue weighted by Crippen LogP contribution is 2.23. The van der Waals surface area contributed by atoms with Crippen molar-refractivity contribution in [1.82, 2.24) is 9.97 Å². The largest absolute Gasteiger partial charge is 0.485 e. The molecule has 106 valence electrons. The van der Waals surface area contributed by atoms with Crippen molar-refractivity contribution in [3.8, 4) is 5.75 Å². The zero-order valence-electron chi connectivity index (χ0n) is 12.0. The Hall–Kier alpha value is -2.62. The zero-order valence-corrected chi connectivity index (χ0v) is 12.0. The van der Waals surface area contributed by atoms with Crippen LogP contribution >= 0.6 is 0 Å². The second kappa shape index (κ2) is 5.40. The van der Waals surface area contributed by atoms with Crippen LogP contribution in [0.25, 0.3) is 10.9 Å². The number of aromatic nitrogens is 2. The Labute approximate surface area is 122 Å². The topological polar surface area (TPSA) is 55.0 Å². The molecule has 4 nitrogen and oxygen atoms in total. The number of hydrogen-bond acceptors (Lipinski definition) is 3. The van der Waals surface area contributed by atoms with E-state index >= 15 is 0 Å². The lowest BCUT2D eigenvalue weighted by Crippen LogP contribution is -2.13. The van der Waals surface area contributed by atoms with Crippen molar-refractivity contribution < 1.29 is 4.74 Å². The van der Waals surface area contributed by atoms with Gasteiger partial charge in [0.15, 0.2) is 0 Å². The number of nitrogens with zero attached hydrogens (tertiary/aromatic N) is 1. The molecule has 0 atom stereocenters. The molecule has 1 heterocycles. The van der Waals surface area contributed by atoms with Gasteiger partial charge in [0.1, 0.15) is 18.2 Å². The summed E-state index contributed by atoms with van der Waals surface area (Å²) in [4.78, 5) is 19.2. The van der Waals surface area contributed by atoms with E-state index in [9.17, 15) is 4.79 Å². The number of fused-ring (bicyclic) bond motifs is 1. The van der Waals surface area contributed by atoms with Gasteiger partial charge in [-0.05, 0) is 37.1 Å². The number of benzene rings is 2. The molecule has 4 heteroatoms. The van der Waals surface area contributed by atoms with Crippen LogP contribution in [0, 0.1) is 13.8 Å². The molecule has 2 aromatic carbocycles. The molecule has 0 fully saturated rings. The molecule has 0 spiro atoms. The van der Waals surface area contributed by atoms with Crippen LogP contribution in [0.15, 0.2) is 47.3 Å². The number of aromatic amines is 1. The molecule has 0 amide bonds. The minimum absolute atomic E-state index is 0.138. The zero-order chi connectivity index (χ0) is 14.8. The minimum atomic E-state index is -0.138. The van der Waals surface area contributed by atoms with Crippen LogP contribution in [0.1, 0.15) is 17.0 Å². The van der Waals surface area contributed by atoms with E-state index in [0.29, 0.717) is 16.7 Å². The Morgan fingerprint density at radius 3 is 2.52 bits per heavy atom. The van der Waals surface area contributed by atoms with Gasteiger partial charge in [0.2, 0.25) is 0 Å². The average Bonchev–Trinajstić information content (AvgIpc) is 2.47. The van der Waals surface area contributed by atoms with Crippen LogP contribution in [0.4, 0.5) is 0 Å². The van der Waals surface area contributed by atoms with E-state index < -0.39 is 0 Å². The fourth-order valence-electron chi connectivity index (χ4n) is 2.37. The van der Waals surface area contributed by atoms with Gasteiger partial charge in [0.25, 0.3) is 5.56 Å². The maximum atomic E-state index is 12.0. The van der Waals surface area contributed by atoms with Gasteiger partial charge in [-0.1, -0.05) is 30.3 Å². The summed E-state index contributed by atoms with van der Waals surface area (Å²) in [6.07, 6.45) is 0. The van der Waals surface area contributed by atoms with Crippen LogP contribution in [-0.2, 0) is 6.61 Å². The van der Waals surface area contributed by atoms with E-state index in [1.807, 2.05) is 50.2 Å². The number of rotatable bonds is 3. The average molecular weight is 280 g/mol. The number of H-pyrrole nitrogens is 1. The van der Waals surface area contributed by atoms with Gasteiger partial charge in [-0.25, -0.2) is 4.98 Å². The van der Waals surface area contributed by atoms with Crippen molar-refractivity contribution in [1.29, 1.82) is 0 Å². The summed E-state index contributed by atoms with van der Waals surface area (Å²) in [5.41, 5.74) is 2.68. The quantitative estimate of drug-likeness (QED) is 0.802. The summed E-state index contributed by atoms with van der Waals surface area (Å²) in [5, 5.41) is 0.591. The van der Waals surface area contributed by atoms with Crippen molar-refractivity contribution in [2.45, 2.75) is 20.5 Å². The SMILES string of the molecule is Cc1cccc(C)c1OCc1nc2ccccc2c(=O)[nH]1. The molecule has 0 aliphatic heterocycles. The lowest BCUT2D eigenvalue weighted by atomic mass is 10.1. The summed E-state index contributed by atoms with van der Waals surface area (Å²) in [6, 6.07) is 13.3. The second-order valence-electron chi connectivity index (χ2n) is 5.04. The number of para-hydroxylation sites is 2. The molecule has 0 unspecified atom stereocenters. The first-order valence-electron chi connectivity index (χ1n) is 6.82. The summed E-state index contributed by atoms with van der Waals surface area (Å²) in [7, 11) is 0. The van der Waals surface area contributed by atoms with Gasteiger partial charge < -0.3 is 9.72 Å². The van der Waals surface area contributed by atoms with Crippen LogP contribution in [0.3, 0.4) is 0 Å². The molecular weight excluding hydrogens is 264 g/mol. The summed E-state index contributed by atoms with van der Waals surface area (Å²) in [6.45, 7) is 4.24. The first-order chi connectivity index (χ1) is 10.1. The van der Waals surface area contributed by atoms with E-state index in [-0.39, 0.29) is 12.2 Å². The molecule has 1 N–H and O–H groups in total. The van der Waals surface area contributed by atoms with E-state index in [4.69, 9.17) is 4.74 Å². The Morgan fingerprint density at radius 1 is 1.05 bits per heavy atom. The van der Waals surface area contributed by atoms with E-state index in [1.165, 1.54) is 0 Å². The predicted octanol–water partition coefficient (Wildman–Crippen LogP) is 3.12. The first kappa shape index (κ1) is 13.4. The second-order valence-corrected chi connectivity index (χ2v) is 5.04. The molecule has 0 aliphatic rings. The third-order valence-electron chi connectivity index (χ3n) is 3.42. The molecule has 21 heavy (non-hydrogen) atoms. The Balaban J connectivity index is 1.91. The lowest BCUT2D eigenvalue weighted by molar-refractivity contribution is 0.292. The van der Waals surface area contributed by atoms with Crippen LogP contribution in [0.2, 0.25) is 0 Å². The molecule has 3 rings (SSSR count). The molecule has 0 saturated carbocycles. The van der Waals surface area contributed by atoms with E-state index in [2.05, 4.69) is 9.97 Å². The summed E-state index contributed by atoms with van der Waals surface area (Å²) < 4.78 is 5.82. The summed E-state index contributed by atoms with van der Waals surface area (Å²) in [5.74, 6) is 1.37. The fourth-order valence-corrected chi connectivity index (χ4v) is 2.37. The maximum absolute atomic E-state index is 12.0.